The van der Waals surface area contributed by atoms with Gasteiger partial charge in [-0.25, -0.2) is 0 Å². The molecule has 0 amide bonds. The minimum absolute atomic E-state index is 0.0554. The Bertz CT molecular complexity index is 8570. The molecule has 18 aromatic rings. The van der Waals surface area contributed by atoms with Gasteiger partial charge in [-0.15, -0.1) is 22.7 Å². The summed E-state index contributed by atoms with van der Waals surface area (Å²) in [6, 6.07) is -41.6. The summed E-state index contributed by atoms with van der Waals surface area (Å²) in [4.78, 5) is 0. The first-order valence-corrected chi connectivity index (χ1v) is 26.4. The maximum atomic E-state index is 9.68. The third kappa shape index (κ3) is 7.87. The molecule has 0 N–H and O–H groups in total. The van der Waals surface area contributed by atoms with Crippen LogP contribution in [0.4, 0.5) is 0 Å². The van der Waals surface area contributed by atoms with Crippen molar-refractivity contribution < 1.29 is 68.5 Å². The van der Waals surface area contributed by atoms with Crippen LogP contribution in [-0.2, 0) is 0 Å². The van der Waals surface area contributed by atoms with Crippen LogP contribution in [0.15, 0.2) is 302 Å². The van der Waals surface area contributed by atoms with Crippen LogP contribution in [0.25, 0.3) is 171 Å². The molecule has 0 radical (unpaired) electrons. The second-order valence-corrected chi connectivity index (χ2v) is 20.3. The highest BCUT2D eigenvalue weighted by Gasteiger charge is 2.21. The van der Waals surface area contributed by atoms with E-state index >= 15 is 0 Å². The van der Waals surface area contributed by atoms with Crippen LogP contribution in [0, 0.1) is 0 Å². The van der Waals surface area contributed by atoms with Crippen molar-refractivity contribution in [3.05, 3.63) is 302 Å². The minimum atomic E-state index is -1.05. The molecular weight excluding hydrogens is 1050 g/mol. The molecule has 0 saturated heterocycles. The lowest BCUT2D eigenvalue weighted by Crippen LogP contribution is -1.91. The van der Waals surface area contributed by atoms with Crippen LogP contribution in [0.2, 0.25) is 0 Å². The second-order valence-electron chi connectivity index (χ2n) is 18.3. The van der Waals surface area contributed by atoms with Crippen LogP contribution in [0.3, 0.4) is 0 Å². The van der Waals surface area contributed by atoms with E-state index in [0.29, 0.717) is 22.7 Å². The summed E-state index contributed by atoms with van der Waals surface area (Å²) in [5.41, 5.74) is -6.88. The van der Waals surface area contributed by atoms with Gasteiger partial charge in [-0.1, -0.05) is 260 Å². The summed E-state index contributed by atoms with van der Waals surface area (Å²) < 4.78 is 447. The van der Waals surface area contributed by atoms with E-state index in [1.807, 2.05) is 0 Å². The number of rotatable bonds is 5. The largest absolute Gasteiger partial charge is 0.135 e. The molecule has 18 rings (SSSR count). The van der Waals surface area contributed by atoms with E-state index in [9.17, 15) is 26.0 Å². The normalized spacial score (nSPS) is 20.1. The van der Waals surface area contributed by atoms with E-state index < -0.39 is 433 Å². The van der Waals surface area contributed by atoms with Gasteiger partial charge < -0.3 is 0 Å². The molecule has 0 nitrogen and oxygen atoms in total. The van der Waals surface area contributed by atoms with Gasteiger partial charge in [0.25, 0.3) is 0 Å². The molecule has 84 heavy (non-hydrogen) atoms. The highest BCUT2D eigenvalue weighted by molar-refractivity contribution is 7.26. The van der Waals surface area contributed by atoms with E-state index in [1.165, 1.54) is 0 Å². The molecule has 390 valence electrons. The molecular formula is C82H50S2. The maximum Gasteiger partial charge on any atom is 0.0645 e. The Kier molecular flexibility index (Phi) is 4.70. The van der Waals surface area contributed by atoms with Gasteiger partial charge in [-0.3, -0.25) is 0 Å². The average Bonchev–Trinajstić information content (AvgIpc) is 1.19. The molecule has 0 aliphatic rings. The Morgan fingerprint density at radius 1 is 0.179 bits per heavy atom. The van der Waals surface area contributed by atoms with Crippen LogP contribution in [0.5, 0.6) is 0 Å². The molecule has 0 unspecified atom stereocenters. The predicted octanol–water partition coefficient (Wildman–Crippen LogP) is 24.5. The van der Waals surface area contributed by atoms with Crippen molar-refractivity contribution in [1.29, 1.82) is 0 Å². The summed E-state index contributed by atoms with van der Waals surface area (Å²) in [5.74, 6) is 0. The summed E-state index contributed by atoms with van der Waals surface area (Å²) in [7, 11) is 0. The molecule has 0 spiro atoms. The molecule has 0 saturated carbocycles. The van der Waals surface area contributed by atoms with E-state index in [-0.39, 0.29) is 40.3 Å². The monoisotopic (exact) mass is 1150 g/mol. The second kappa shape index (κ2) is 19.8. The Hall–Kier alpha value is -10.2. The van der Waals surface area contributed by atoms with Gasteiger partial charge in [-0.2, -0.15) is 0 Å². The van der Waals surface area contributed by atoms with Crippen LogP contribution in [0.1, 0.15) is 68.5 Å². The third-order valence-electron chi connectivity index (χ3n) is 13.8. The zero-order valence-electron chi connectivity index (χ0n) is 91.8. The Morgan fingerprint density at radius 3 is 1.05 bits per heavy atom. The Morgan fingerprint density at radius 2 is 0.536 bits per heavy atom. The summed E-state index contributed by atoms with van der Waals surface area (Å²) in [6.45, 7) is 0. The zero-order valence-corrected chi connectivity index (χ0v) is 43.4. The predicted molar refractivity (Wildman–Crippen MR) is 368 cm³/mol. The summed E-state index contributed by atoms with van der Waals surface area (Å²) in [6.07, 6.45) is 0. The topological polar surface area (TPSA) is 0 Å². The van der Waals surface area contributed by atoms with Crippen molar-refractivity contribution in [2.75, 3.05) is 0 Å². The van der Waals surface area contributed by atoms with Crippen molar-refractivity contribution >= 4 is 138 Å². The molecule has 2 aromatic heterocycles. The maximum absolute atomic E-state index is 9.68. The fourth-order valence-electron chi connectivity index (χ4n) is 10.3. The highest BCUT2D eigenvalue weighted by atomic mass is 32.1. The van der Waals surface area contributed by atoms with Gasteiger partial charge in [0.1, 0.15) is 0 Å². The number of thiophene rings is 2. The van der Waals surface area contributed by atoms with Gasteiger partial charge in [-0.05, 0) is 173 Å². The van der Waals surface area contributed by atoms with Crippen molar-refractivity contribution in [2.24, 2.45) is 0 Å². The number of fused-ring (bicyclic) bond motifs is 13. The zero-order chi connectivity index (χ0) is 98.8. The fraction of sp³-hybridized carbons (Fsp3) is 0. The molecule has 0 bridgehead atoms. The first kappa shape index (κ1) is 20.0. The standard InChI is InChI=1S/C42H26S.C40H24S/c1-2-11-28(12-3-1)41-33-15-4-6-17-35(33)42(36-18-7-5-16-34(36)41)29-23-21-27(22-24-29)31-19-10-13-30-25-38-32-14-8-9-20-39(32)43-40(38)26-37(30)31;1-2-11-26-22-28(21-20-25(26)10-1)39-30-14-3-5-16-32(30)40(33-17-6-4-15-31(33)39)34-18-9-12-27-23-36-29-13-7-8-19-37(29)41-38(36)24-35(27)34/h1-26H;1-24H/i1D,2D,3D,4D,5D,6D,7D,8D,9D,10D,11D,12D,13D,14D,15D,16D,17D,18D,19D,20D,21D,22D,23D,24D,25D,26D;1D,2D,3D,4D,5D,6D,7D,8D,9D,10D,11D,12D,13D,14D,15D,16D,17D,18D,19D,20D,21D,22D,23D,24D. The average molecular weight is 1150 g/mol. The van der Waals surface area contributed by atoms with Gasteiger partial charge in [0.15, 0.2) is 0 Å². The first-order chi connectivity index (χ1) is 62.5. The SMILES string of the molecule is [2H]c1c([2H])c([2H])c(-c2c3c([2H])c([2H])c([2H])c([2H])c3c(-c3c([2H])c([2H])c(-c4c([2H])c([2H])c([2H])c5c([2H])c6c(sc7c([2H])c([2H])c([2H])c([2H])c76)c([2H])c45)c([2H])c3[2H])c3c([2H])c([2H])c([2H])c([2H])c23)c([2H])c1[2H].[2H]c1c([2H])c([2H])c2c(sc3c([2H])c4c(-c5c6c([2H])c([2H])c([2H])c([2H])c6c(-c6c([2H])c([2H])c7c([2H])c([2H])c([2H])c([2H])c7c6[2H])c6c([2H])c([2H])c([2H])c([2H])c56)c([2H])c([2H])c([2H])c4c([2H])c32)c1[2H]. The first-order valence-electron chi connectivity index (χ1n) is 49.8. The van der Waals surface area contributed by atoms with Crippen LogP contribution in [-0.4, -0.2) is 0 Å². The number of hydrogen-bond donors (Lipinski definition) is 0. The van der Waals surface area contributed by atoms with Gasteiger partial charge in [0.05, 0.1) is 68.5 Å². The fourth-order valence-corrected chi connectivity index (χ4v) is 12.2. The molecule has 0 aliphatic carbocycles. The quantitative estimate of drug-likeness (QED) is 0.151. The highest BCUT2D eigenvalue weighted by Crippen LogP contribution is 2.49. The minimum Gasteiger partial charge on any atom is -0.135 e. The van der Waals surface area contributed by atoms with Crippen molar-refractivity contribution in [1.82, 2.24) is 0 Å². The van der Waals surface area contributed by atoms with E-state index in [2.05, 4.69) is 0 Å². The van der Waals surface area contributed by atoms with Crippen LogP contribution >= 0.6 is 22.7 Å². The van der Waals surface area contributed by atoms with Crippen molar-refractivity contribution in [3.63, 3.8) is 0 Å². The van der Waals surface area contributed by atoms with Gasteiger partial charge >= 0.3 is 0 Å². The lowest BCUT2D eigenvalue weighted by molar-refractivity contribution is 1.63. The van der Waals surface area contributed by atoms with Crippen molar-refractivity contribution in [2.45, 2.75) is 0 Å². The number of hydrogen-bond acceptors (Lipinski definition) is 2. The number of benzene rings is 16. The molecule has 2 heteroatoms. The van der Waals surface area contributed by atoms with Crippen LogP contribution < -0.4 is 0 Å². The van der Waals surface area contributed by atoms with Gasteiger partial charge in [0.2, 0.25) is 0 Å². The summed E-state index contributed by atoms with van der Waals surface area (Å²) >= 11 is 1.39. The smallest absolute Gasteiger partial charge is 0.0645 e. The molecule has 0 aliphatic heterocycles. The van der Waals surface area contributed by atoms with E-state index in [0.717, 1.165) is 0 Å². The summed E-state index contributed by atoms with van der Waals surface area (Å²) in [5, 5.41) is -9.08. The molecule has 2 heterocycles. The lowest BCUT2D eigenvalue weighted by Gasteiger charge is -2.19. The Balaban J connectivity index is 0.000000187. The van der Waals surface area contributed by atoms with E-state index in [1.54, 1.807) is 0 Å². The molecule has 0 fully saturated rings. The Labute approximate surface area is 564 Å². The van der Waals surface area contributed by atoms with Gasteiger partial charge in [0, 0.05) is 40.3 Å². The third-order valence-corrected chi connectivity index (χ3v) is 15.8. The molecule has 16 aromatic carbocycles. The lowest BCUT2D eigenvalue weighted by atomic mass is 9.84. The van der Waals surface area contributed by atoms with Crippen molar-refractivity contribution in [3.8, 4) is 55.6 Å². The molecule has 0 atom stereocenters. The van der Waals surface area contributed by atoms with E-state index in [4.69, 9.17) is 42.5 Å².